The number of pyridine rings is 1. The van der Waals surface area contributed by atoms with Gasteiger partial charge in [-0.1, -0.05) is 0 Å². The summed E-state index contributed by atoms with van der Waals surface area (Å²) in [5, 5.41) is 0. The Labute approximate surface area is 71.0 Å². The zero-order valence-corrected chi connectivity index (χ0v) is 7.55. The van der Waals surface area contributed by atoms with E-state index in [-0.39, 0.29) is 10.6 Å². The molecule has 4 nitrogen and oxygen atoms in total. The van der Waals surface area contributed by atoms with E-state index in [1.807, 2.05) is 0 Å². The minimum Gasteiger partial charge on any atom is -0.744 e. The van der Waals surface area contributed by atoms with Crippen molar-refractivity contribution in [1.82, 2.24) is 4.98 Å². The first-order valence-corrected chi connectivity index (χ1v) is 4.72. The van der Waals surface area contributed by atoms with Crippen LogP contribution in [0.3, 0.4) is 0 Å². The van der Waals surface area contributed by atoms with E-state index in [0.717, 1.165) is 0 Å². The summed E-state index contributed by atoms with van der Waals surface area (Å²) in [5.74, 6) is 0. The van der Waals surface area contributed by atoms with Crippen LogP contribution < -0.4 is 0 Å². The van der Waals surface area contributed by atoms with Crippen LogP contribution in [0, 0.1) is 13.8 Å². The van der Waals surface area contributed by atoms with Crippen LogP contribution >= 0.6 is 0 Å². The van der Waals surface area contributed by atoms with Gasteiger partial charge in [0, 0.05) is 5.69 Å². The second-order valence-corrected chi connectivity index (χ2v) is 3.84. The molecule has 0 atom stereocenters. The summed E-state index contributed by atoms with van der Waals surface area (Å²) >= 11 is 0. The van der Waals surface area contributed by atoms with Crippen LogP contribution in [0.5, 0.6) is 0 Å². The van der Waals surface area contributed by atoms with Crippen LogP contribution in [-0.2, 0) is 10.1 Å². The molecule has 12 heavy (non-hydrogen) atoms. The third kappa shape index (κ3) is 1.80. The molecule has 1 heterocycles. The van der Waals surface area contributed by atoms with E-state index in [1.54, 1.807) is 6.92 Å². The molecule has 0 saturated carbocycles. The molecule has 0 radical (unpaired) electrons. The second-order valence-electron chi connectivity index (χ2n) is 2.49. The lowest BCUT2D eigenvalue weighted by atomic mass is 10.3. The SMILES string of the molecule is Cc1ccc(S(=O)(=O)[O-])c(C)n1. The molecule has 0 unspecified atom stereocenters. The van der Waals surface area contributed by atoms with Crippen molar-refractivity contribution >= 4 is 10.1 Å². The molecule has 0 aliphatic carbocycles. The van der Waals surface area contributed by atoms with Gasteiger partial charge in [0.15, 0.2) is 0 Å². The van der Waals surface area contributed by atoms with Gasteiger partial charge in [0.2, 0.25) is 0 Å². The van der Waals surface area contributed by atoms with Crippen molar-refractivity contribution in [2.75, 3.05) is 0 Å². The Balaban J connectivity index is 3.39. The van der Waals surface area contributed by atoms with E-state index in [0.29, 0.717) is 5.69 Å². The smallest absolute Gasteiger partial charge is 0.126 e. The lowest BCUT2D eigenvalue weighted by Crippen LogP contribution is -2.03. The first-order chi connectivity index (χ1) is 5.41. The summed E-state index contributed by atoms with van der Waals surface area (Å²) < 4.78 is 31.7. The van der Waals surface area contributed by atoms with E-state index >= 15 is 0 Å². The van der Waals surface area contributed by atoms with Crippen molar-refractivity contribution in [3.05, 3.63) is 23.5 Å². The van der Waals surface area contributed by atoms with Gasteiger partial charge in [-0.05, 0) is 26.0 Å². The zero-order chi connectivity index (χ0) is 9.35. The van der Waals surface area contributed by atoms with Crippen molar-refractivity contribution in [1.29, 1.82) is 0 Å². The largest absolute Gasteiger partial charge is 0.744 e. The molecule has 1 aromatic heterocycles. The minimum absolute atomic E-state index is 0.242. The van der Waals surface area contributed by atoms with Crippen LogP contribution in [0.2, 0.25) is 0 Å². The highest BCUT2D eigenvalue weighted by atomic mass is 32.2. The predicted octanol–water partition coefficient (Wildman–Crippen LogP) is 0.603. The average molecular weight is 186 g/mol. The molecule has 0 spiro atoms. The molecule has 1 rings (SSSR count). The van der Waals surface area contributed by atoms with E-state index in [2.05, 4.69) is 4.98 Å². The summed E-state index contributed by atoms with van der Waals surface area (Å²) in [7, 11) is -4.36. The van der Waals surface area contributed by atoms with Gasteiger partial charge in [-0.15, -0.1) is 0 Å². The highest BCUT2D eigenvalue weighted by Crippen LogP contribution is 2.11. The van der Waals surface area contributed by atoms with Crippen molar-refractivity contribution in [2.24, 2.45) is 0 Å². The molecular weight excluding hydrogens is 178 g/mol. The third-order valence-electron chi connectivity index (χ3n) is 1.45. The standard InChI is InChI=1S/C7H9NO3S/c1-5-3-4-7(6(2)8-5)12(9,10)11/h3-4H,1-2H3,(H,9,10,11)/p-1. The molecule has 1 aromatic rings. The van der Waals surface area contributed by atoms with E-state index < -0.39 is 10.1 Å². The highest BCUT2D eigenvalue weighted by Gasteiger charge is 2.05. The fraction of sp³-hybridized carbons (Fsp3) is 0.286. The van der Waals surface area contributed by atoms with Gasteiger partial charge in [-0.25, -0.2) is 8.42 Å². The van der Waals surface area contributed by atoms with Crippen molar-refractivity contribution < 1.29 is 13.0 Å². The Kier molecular flexibility index (Phi) is 2.16. The summed E-state index contributed by atoms with van der Waals surface area (Å²) in [6.07, 6.45) is 0. The topological polar surface area (TPSA) is 70.1 Å². The van der Waals surface area contributed by atoms with E-state index in [4.69, 9.17) is 0 Å². The van der Waals surface area contributed by atoms with Gasteiger partial charge in [0.05, 0.1) is 10.6 Å². The Morgan fingerprint density at radius 3 is 2.33 bits per heavy atom. The lowest BCUT2D eigenvalue weighted by Gasteiger charge is -2.09. The quantitative estimate of drug-likeness (QED) is 0.602. The van der Waals surface area contributed by atoms with E-state index in [1.165, 1.54) is 19.1 Å². The molecule has 0 N–H and O–H groups in total. The molecular formula is C7H8NO3S-. The molecule has 0 aromatic carbocycles. The van der Waals surface area contributed by atoms with Crippen molar-refractivity contribution in [2.45, 2.75) is 18.7 Å². The number of nitrogens with zero attached hydrogens (tertiary/aromatic N) is 1. The highest BCUT2D eigenvalue weighted by molar-refractivity contribution is 7.85. The maximum Gasteiger partial charge on any atom is 0.126 e. The minimum atomic E-state index is -4.36. The first kappa shape index (κ1) is 9.15. The van der Waals surface area contributed by atoms with Gasteiger partial charge in [-0.2, -0.15) is 0 Å². The number of hydrogen-bond acceptors (Lipinski definition) is 4. The fourth-order valence-corrected chi connectivity index (χ4v) is 1.58. The van der Waals surface area contributed by atoms with Gasteiger partial charge >= 0.3 is 0 Å². The Bertz CT molecular complexity index is 397. The molecule has 0 amide bonds. The Morgan fingerprint density at radius 1 is 1.33 bits per heavy atom. The van der Waals surface area contributed by atoms with E-state index in [9.17, 15) is 13.0 Å². The maximum atomic E-state index is 10.6. The second kappa shape index (κ2) is 2.84. The summed E-state index contributed by atoms with van der Waals surface area (Å²) in [6, 6.07) is 2.78. The van der Waals surface area contributed by atoms with Gasteiger partial charge in [0.1, 0.15) is 10.1 Å². The van der Waals surface area contributed by atoms with Crippen molar-refractivity contribution in [3.63, 3.8) is 0 Å². The van der Waals surface area contributed by atoms with Gasteiger partial charge < -0.3 is 4.55 Å². The number of hydrogen-bond donors (Lipinski definition) is 0. The lowest BCUT2D eigenvalue weighted by molar-refractivity contribution is 0.462. The van der Waals surface area contributed by atoms with Crippen LogP contribution in [0.15, 0.2) is 17.0 Å². The van der Waals surface area contributed by atoms with Gasteiger partial charge in [-0.3, -0.25) is 4.98 Å². The maximum absolute atomic E-state index is 10.6. The monoisotopic (exact) mass is 186 g/mol. The number of aromatic nitrogens is 1. The van der Waals surface area contributed by atoms with Crippen LogP contribution in [0.1, 0.15) is 11.4 Å². The summed E-state index contributed by atoms with van der Waals surface area (Å²) in [4.78, 5) is 3.62. The molecule has 0 aliphatic rings. The predicted molar refractivity (Wildman–Crippen MR) is 41.7 cm³/mol. The van der Waals surface area contributed by atoms with Gasteiger partial charge in [0.25, 0.3) is 0 Å². The van der Waals surface area contributed by atoms with Crippen LogP contribution in [0.25, 0.3) is 0 Å². The third-order valence-corrected chi connectivity index (χ3v) is 2.42. The number of rotatable bonds is 1. The molecule has 0 fully saturated rings. The molecule has 66 valence electrons. The summed E-state index contributed by atoms with van der Waals surface area (Å²) in [5.41, 5.74) is 0.949. The molecule has 0 bridgehead atoms. The molecule has 0 saturated heterocycles. The fourth-order valence-electron chi connectivity index (χ4n) is 0.938. The average Bonchev–Trinajstić information content (AvgIpc) is 1.83. The van der Waals surface area contributed by atoms with Crippen LogP contribution in [0.4, 0.5) is 0 Å². The summed E-state index contributed by atoms with van der Waals surface area (Å²) in [6.45, 7) is 3.23. The Morgan fingerprint density at radius 2 is 1.92 bits per heavy atom. The molecule has 0 aliphatic heterocycles. The Hall–Kier alpha value is -0.940. The first-order valence-electron chi connectivity index (χ1n) is 3.31. The normalized spacial score (nSPS) is 11.6. The number of aryl methyl sites for hydroxylation is 2. The van der Waals surface area contributed by atoms with Crippen LogP contribution in [-0.4, -0.2) is 18.0 Å². The van der Waals surface area contributed by atoms with Crippen molar-refractivity contribution in [3.8, 4) is 0 Å². The molecule has 5 heteroatoms. The zero-order valence-electron chi connectivity index (χ0n) is 6.73.